The van der Waals surface area contributed by atoms with Crippen LogP contribution in [0.2, 0.25) is 0 Å². The largest absolute Gasteiger partial charge is 0.496 e. The number of hydrogen-bond acceptors (Lipinski definition) is 2. The van der Waals surface area contributed by atoms with Crippen LogP contribution >= 0.6 is 0 Å². The van der Waals surface area contributed by atoms with E-state index in [2.05, 4.69) is 4.98 Å². The highest BCUT2D eigenvalue weighted by Gasteiger charge is 2.06. The highest BCUT2D eigenvalue weighted by Crippen LogP contribution is 2.28. The van der Waals surface area contributed by atoms with Crippen LogP contribution in [0.4, 0.5) is 0 Å². The van der Waals surface area contributed by atoms with E-state index in [9.17, 15) is 0 Å². The number of rotatable bonds is 2. The fourth-order valence-electron chi connectivity index (χ4n) is 1.52. The van der Waals surface area contributed by atoms with E-state index in [1.165, 1.54) is 0 Å². The van der Waals surface area contributed by atoms with E-state index in [0.717, 1.165) is 22.2 Å². The maximum Gasteiger partial charge on any atom is 0.133 e. The fraction of sp³-hybridized carbons (Fsp3) is 0.200. The van der Waals surface area contributed by atoms with E-state index >= 15 is 0 Å². The molecule has 0 aliphatic rings. The summed E-state index contributed by atoms with van der Waals surface area (Å²) in [5.74, 6) is 0.751. The lowest BCUT2D eigenvalue weighted by Gasteiger charge is -2.06. The van der Waals surface area contributed by atoms with Crippen LogP contribution in [0, 0.1) is 0 Å². The highest BCUT2D eigenvalue weighted by molar-refractivity contribution is 5.87. The van der Waals surface area contributed by atoms with Crippen LogP contribution in [0.15, 0.2) is 24.4 Å². The molecule has 3 nitrogen and oxygen atoms in total. The summed E-state index contributed by atoms with van der Waals surface area (Å²) in [6, 6.07) is 5.73. The molecule has 1 aromatic heterocycles. The normalized spacial score (nSPS) is 10.6. The number of benzene rings is 1. The highest BCUT2D eigenvalue weighted by atomic mass is 16.5. The molecule has 0 aliphatic carbocycles. The zero-order chi connectivity index (χ0) is 9.26. The van der Waals surface area contributed by atoms with Crippen molar-refractivity contribution in [1.29, 1.82) is 0 Å². The molecule has 0 fully saturated rings. The molecule has 0 amide bonds. The van der Waals surface area contributed by atoms with Gasteiger partial charge in [0.15, 0.2) is 0 Å². The van der Waals surface area contributed by atoms with Gasteiger partial charge in [-0.05, 0) is 12.1 Å². The fourth-order valence-corrected chi connectivity index (χ4v) is 1.52. The number of nitrogens with one attached hydrogen (secondary N) is 1. The van der Waals surface area contributed by atoms with Crippen LogP contribution in [0.1, 0.15) is 5.56 Å². The predicted molar refractivity (Wildman–Crippen MR) is 50.8 cm³/mol. The van der Waals surface area contributed by atoms with Gasteiger partial charge in [-0.2, -0.15) is 0 Å². The number of hydrogen-bond donors (Lipinski definition) is 2. The summed E-state index contributed by atoms with van der Waals surface area (Å²) in [7, 11) is 1.61. The molecule has 2 rings (SSSR count). The summed E-state index contributed by atoms with van der Waals surface area (Å²) in [4.78, 5) is 3.08. The number of ether oxygens (including phenoxy) is 1. The number of aliphatic hydroxyl groups is 1. The molecule has 2 aromatic rings. The molecule has 0 radical (unpaired) electrons. The lowest BCUT2D eigenvalue weighted by Crippen LogP contribution is -1.91. The van der Waals surface area contributed by atoms with E-state index in [1.54, 1.807) is 7.11 Å². The van der Waals surface area contributed by atoms with Crippen LogP contribution in [0.25, 0.3) is 10.9 Å². The Balaban J connectivity index is 2.74. The Kier molecular flexibility index (Phi) is 1.94. The molecule has 3 heteroatoms. The van der Waals surface area contributed by atoms with Crippen LogP contribution in [-0.4, -0.2) is 17.2 Å². The minimum absolute atomic E-state index is 0.00426. The molecule has 1 aromatic carbocycles. The number of methoxy groups -OCH3 is 1. The van der Waals surface area contributed by atoms with Gasteiger partial charge in [0.25, 0.3) is 0 Å². The number of aromatic nitrogens is 1. The predicted octanol–water partition coefficient (Wildman–Crippen LogP) is 1.67. The number of aliphatic hydroxyl groups excluding tert-OH is 1. The quantitative estimate of drug-likeness (QED) is 0.732. The van der Waals surface area contributed by atoms with Gasteiger partial charge in [0.1, 0.15) is 5.75 Å². The van der Waals surface area contributed by atoms with Crippen LogP contribution < -0.4 is 4.74 Å². The van der Waals surface area contributed by atoms with Gasteiger partial charge >= 0.3 is 0 Å². The third-order valence-electron chi connectivity index (χ3n) is 2.14. The maximum absolute atomic E-state index is 9.06. The van der Waals surface area contributed by atoms with Gasteiger partial charge in [0, 0.05) is 22.7 Å². The Bertz CT molecular complexity index is 420. The second kappa shape index (κ2) is 3.11. The Morgan fingerprint density at radius 2 is 2.23 bits per heavy atom. The molecule has 0 spiro atoms. The third kappa shape index (κ3) is 1.17. The second-order valence-electron chi connectivity index (χ2n) is 2.85. The zero-order valence-corrected chi connectivity index (χ0v) is 7.37. The lowest BCUT2D eigenvalue weighted by atomic mass is 10.1. The van der Waals surface area contributed by atoms with Gasteiger partial charge in [0.2, 0.25) is 0 Å². The first-order valence-corrected chi connectivity index (χ1v) is 4.10. The van der Waals surface area contributed by atoms with Gasteiger partial charge in [-0.3, -0.25) is 0 Å². The SMILES string of the molecule is COc1c(CO)ccc2[nH]ccc12. The first-order chi connectivity index (χ1) is 6.36. The van der Waals surface area contributed by atoms with Crippen molar-refractivity contribution in [3.05, 3.63) is 30.0 Å². The summed E-state index contributed by atoms with van der Waals surface area (Å²) in [6.07, 6.45) is 1.86. The molecule has 13 heavy (non-hydrogen) atoms. The van der Waals surface area contributed by atoms with Gasteiger partial charge in [-0.1, -0.05) is 6.07 Å². The van der Waals surface area contributed by atoms with E-state index in [0.29, 0.717) is 0 Å². The first-order valence-electron chi connectivity index (χ1n) is 4.10. The maximum atomic E-state index is 9.06. The molecule has 0 saturated carbocycles. The van der Waals surface area contributed by atoms with E-state index in [1.807, 2.05) is 24.4 Å². The molecular formula is C10H11NO2. The smallest absolute Gasteiger partial charge is 0.133 e. The van der Waals surface area contributed by atoms with Crippen LogP contribution in [0.5, 0.6) is 5.75 Å². The molecular weight excluding hydrogens is 166 g/mol. The Morgan fingerprint density at radius 1 is 1.38 bits per heavy atom. The Hall–Kier alpha value is -1.48. The van der Waals surface area contributed by atoms with Gasteiger partial charge < -0.3 is 14.8 Å². The topological polar surface area (TPSA) is 45.2 Å². The molecule has 2 N–H and O–H groups in total. The van der Waals surface area contributed by atoms with E-state index < -0.39 is 0 Å². The molecule has 0 saturated heterocycles. The average molecular weight is 177 g/mol. The minimum atomic E-state index is 0.00426. The number of aromatic amines is 1. The summed E-state index contributed by atoms with van der Waals surface area (Å²) in [5, 5.41) is 10.1. The van der Waals surface area contributed by atoms with Crippen molar-refractivity contribution in [3.63, 3.8) is 0 Å². The van der Waals surface area contributed by atoms with Crippen molar-refractivity contribution in [3.8, 4) is 5.75 Å². The van der Waals surface area contributed by atoms with Gasteiger partial charge in [-0.25, -0.2) is 0 Å². The van der Waals surface area contributed by atoms with E-state index in [4.69, 9.17) is 9.84 Å². The van der Waals surface area contributed by atoms with Crippen molar-refractivity contribution in [2.45, 2.75) is 6.61 Å². The summed E-state index contributed by atoms with van der Waals surface area (Å²) >= 11 is 0. The first kappa shape index (κ1) is 8.13. The minimum Gasteiger partial charge on any atom is -0.496 e. The van der Waals surface area contributed by atoms with E-state index in [-0.39, 0.29) is 6.61 Å². The molecule has 0 atom stereocenters. The molecule has 1 heterocycles. The van der Waals surface area contributed by atoms with Crippen LogP contribution in [-0.2, 0) is 6.61 Å². The molecule has 0 unspecified atom stereocenters. The summed E-state index contributed by atoms with van der Waals surface area (Å²) in [5.41, 5.74) is 1.84. The Morgan fingerprint density at radius 3 is 2.92 bits per heavy atom. The number of H-pyrrole nitrogens is 1. The Labute approximate surface area is 76.0 Å². The molecule has 68 valence electrons. The monoisotopic (exact) mass is 177 g/mol. The lowest BCUT2D eigenvalue weighted by molar-refractivity contribution is 0.274. The average Bonchev–Trinajstić information content (AvgIpc) is 2.63. The van der Waals surface area contributed by atoms with Crippen LogP contribution in [0.3, 0.4) is 0 Å². The van der Waals surface area contributed by atoms with Crippen molar-refractivity contribution in [2.75, 3.05) is 7.11 Å². The van der Waals surface area contributed by atoms with Crippen molar-refractivity contribution in [2.24, 2.45) is 0 Å². The summed E-state index contributed by atoms with van der Waals surface area (Å²) < 4.78 is 5.23. The molecule has 0 bridgehead atoms. The standard InChI is InChI=1S/C10H11NO2/c1-13-10-7(6-12)2-3-9-8(10)4-5-11-9/h2-5,11-12H,6H2,1H3. The number of fused-ring (bicyclic) bond motifs is 1. The third-order valence-corrected chi connectivity index (χ3v) is 2.14. The van der Waals surface area contributed by atoms with Gasteiger partial charge in [-0.15, -0.1) is 0 Å². The summed E-state index contributed by atoms with van der Waals surface area (Å²) in [6.45, 7) is 0.00426. The second-order valence-corrected chi connectivity index (χ2v) is 2.85. The van der Waals surface area contributed by atoms with Crippen molar-refractivity contribution in [1.82, 2.24) is 4.98 Å². The zero-order valence-electron chi connectivity index (χ0n) is 7.37. The molecule has 0 aliphatic heterocycles. The van der Waals surface area contributed by atoms with Gasteiger partial charge in [0.05, 0.1) is 13.7 Å². The van der Waals surface area contributed by atoms with Crippen molar-refractivity contribution < 1.29 is 9.84 Å². The van der Waals surface area contributed by atoms with Crippen molar-refractivity contribution >= 4 is 10.9 Å².